The number of allylic oxidation sites excluding steroid dienone is 1. The van der Waals surface area contributed by atoms with E-state index < -0.39 is 11.9 Å². The Morgan fingerprint density at radius 1 is 1.04 bits per heavy atom. The molecule has 0 aromatic rings. The molecule has 0 aliphatic rings. The van der Waals surface area contributed by atoms with Crippen LogP contribution in [0.1, 0.15) is 58.3 Å². The normalized spacial score (nSPS) is 13.4. The number of carbonyl (C=O) groups is 2. The third-order valence-corrected chi connectivity index (χ3v) is 3.97. The fourth-order valence-corrected chi connectivity index (χ4v) is 2.55. The number of hydrogen-bond acceptors (Lipinski definition) is 4. The summed E-state index contributed by atoms with van der Waals surface area (Å²) in [6, 6.07) is 0. The second-order valence-electron chi connectivity index (χ2n) is 6.05. The Morgan fingerprint density at radius 2 is 1.67 bits per heavy atom. The minimum absolute atomic E-state index is 0. The molecule has 134 valence electrons. The van der Waals surface area contributed by atoms with Crippen LogP contribution < -0.4 is 56.5 Å². The minimum atomic E-state index is -1.10. The summed E-state index contributed by atoms with van der Waals surface area (Å²) in [6.45, 7) is 3.65. The van der Waals surface area contributed by atoms with Crippen LogP contribution in [0.5, 0.6) is 0 Å². The number of hydrogen-bond donors (Lipinski definition) is 2. The van der Waals surface area contributed by atoms with Gasteiger partial charge in [-0.25, -0.2) is 0 Å². The molecule has 0 amide bonds. The van der Waals surface area contributed by atoms with E-state index in [-0.39, 0.29) is 71.0 Å². The first-order valence-electron chi connectivity index (χ1n) is 8.48. The molecule has 0 spiro atoms. The van der Waals surface area contributed by atoms with E-state index in [9.17, 15) is 19.8 Å². The molecule has 24 heavy (non-hydrogen) atoms. The molecule has 0 heterocycles. The standard InChI is InChI=1S/C17H31NO5.K/c1-2-3-4-5-6-7-12-18(15-19,13-8-10-16(20)21)14-9-11-17(22)23;/h6-7,19H,2-5,8-15H2,1H3,(H-,20,21,22,23);/q;+1/b7-6+;. The smallest absolute Gasteiger partial charge is 0.550 e. The molecular weight excluding hydrogens is 337 g/mol. The number of quaternary nitrogens is 1. The number of rotatable bonds is 15. The Morgan fingerprint density at radius 3 is 2.17 bits per heavy atom. The summed E-state index contributed by atoms with van der Waals surface area (Å²) in [4.78, 5) is 21.2. The van der Waals surface area contributed by atoms with Crippen LogP contribution in [0.4, 0.5) is 0 Å². The summed E-state index contributed by atoms with van der Waals surface area (Å²) in [7, 11) is 0. The van der Waals surface area contributed by atoms with E-state index in [0.717, 1.165) is 12.8 Å². The molecule has 0 fully saturated rings. The van der Waals surface area contributed by atoms with Gasteiger partial charge in [-0.15, -0.1) is 0 Å². The molecule has 2 N–H and O–H groups in total. The van der Waals surface area contributed by atoms with Crippen molar-refractivity contribution in [2.24, 2.45) is 0 Å². The summed E-state index contributed by atoms with van der Waals surface area (Å²) < 4.78 is 0.310. The third-order valence-electron chi connectivity index (χ3n) is 3.97. The maximum atomic E-state index is 10.7. The van der Waals surface area contributed by atoms with Crippen molar-refractivity contribution in [3.05, 3.63) is 12.2 Å². The molecular formula is C17H31KNO5+. The fourth-order valence-electron chi connectivity index (χ4n) is 2.55. The van der Waals surface area contributed by atoms with Crippen LogP contribution in [0, 0.1) is 0 Å². The quantitative estimate of drug-likeness (QED) is 0.118. The van der Waals surface area contributed by atoms with Gasteiger partial charge >= 0.3 is 57.4 Å². The van der Waals surface area contributed by atoms with Crippen molar-refractivity contribution in [1.29, 1.82) is 0 Å². The zero-order valence-electron chi connectivity index (χ0n) is 15.2. The number of aliphatic carboxylic acids is 2. The van der Waals surface area contributed by atoms with E-state index in [0.29, 0.717) is 37.0 Å². The van der Waals surface area contributed by atoms with Gasteiger partial charge in [-0.1, -0.05) is 25.8 Å². The second-order valence-corrected chi connectivity index (χ2v) is 6.05. The third kappa shape index (κ3) is 14.6. The molecule has 1 atom stereocenters. The molecule has 6 nitrogen and oxygen atoms in total. The van der Waals surface area contributed by atoms with Gasteiger partial charge < -0.3 is 20.1 Å². The average molecular weight is 369 g/mol. The van der Waals surface area contributed by atoms with Crippen molar-refractivity contribution in [1.82, 2.24) is 0 Å². The molecule has 0 aliphatic carbocycles. The summed E-state index contributed by atoms with van der Waals surface area (Å²) in [6.07, 6.45) is 9.49. The van der Waals surface area contributed by atoms with Crippen LogP contribution in [-0.4, -0.2) is 53.0 Å². The molecule has 0 aromatic heterocycles. The Kier molecular flexibility index (Phi) is 18.4. The van der Waals surface area contributed by atoms with Crippen molar-refractivity contribution in [2.45, 2.75) is 58.3 Å². The Balaban J connectivity index is 0. The van der Waals surface area contributed by atoms with Crippen molar-refractivity contribution < 1.29 is 80.8 Å². The van der Waals surface area contributed by atoms with Crippen molar-refractivity contribution in [3.8, 4) is 0 Å². The first-order chi connectivity index (χ1) is 11.0. The van der Waals surface area contributed by atoms with Gasteiger partial charge in [0.15, 0.2) is 6.73 Å². The van der Waals surface area contributed by atoms with E-state index in [1.807, 2.05) is 6.08 Å². The van der Waals surface area contributed by atoms with Crippen LogP contribution >= 0.6 is 0 Å². The van der Waals surface area contributed by atoms with E-state index >= 15 is 0 Å². The number of aliphatic hydroxyl groups excluding tert-OH is 1. The zero-order chi connectivity index (χ0) is 17.6. The number of unbranched alkanes of at least 4 members (excludes halogenated alkanes) is 3. The fraction of sp³-hybridized carbons (Fsp3) is 0.765. The number of carbonyl (C=O) groups excluding carboxylic acids is 1. The van der Waals surface area contributed by atoms with Gasteiger partial charge in [-0.3, -0.25) is 9.28 Å². The summed E-state index contributed by atoms with van der Waals surface area (Å²) in [5.41, 5.74) is 0. The average Bonchev–Trinajstić information content (AvgIpc) is 2.49. The Bertz CT molecular complexity index is 354. The molecule has 0 aliphatic heterocycles. The maximum absolute atomic E-state index is 10.7. The van der Waals surface area contributed by atoms with Gasteiger partial charge in [-0.05, 0) is 25.3 Å². The van der Waals surface area contributed by atoms with E-state index in [2.05, 4.69) is 13.0 Å². The Hall–Kier alpha value is 0.236. The largest absolute Gasteiger partial charge is 1.00 e. The second kappa shape index (κ2) is 16.7. The van der Waals surface area contributed by atoms with Crippen LogP contribution in [0.25, 0.3) is 0 Å². The van der Waals surface area contributed by atoms with Gasteiger partial charge in [-0.2, -0.15) is 0 Å². The SMILES string of the molecule is CCCCC/C=C/C[N+](CO)(CCCC(=O)[O-])CCCC(=O)O.[K+]. The van der Waals surface area contributed by atoms with Gasteiger partial charge in [0.1, 0.15) is 0 Å². The first-order valence-corrected chi connectivity index (χ1v) is 8.48. The maximum Gasteiger partial charge on any atom is 1.00 e. The van der Waals surface area contributed by atoms with Crippen LogP contribution in [0.2, 0.25) is 0 Å². The molecule has 0 radical (unpaired) electrons. The molecule has 0 saturated heterocycles. The minimum Gasteiger partial charge on any atom is -0.550 e. The number of carboxylic acids is 2. The van der Waals surface area contributed by atoms with Gasteiger partial charge in [0.05, 0.1) is 26.1 Å². The van der Waals surface area contributed by atoms with Crippen LogP contribution in [0.15, 0.2) is 12.2 Å². The number of nitrogens with zero attached hydrogens (tertiary/aromatic N) is 1. The molecule has 1 unspecified atom stereocenters. The number of carboxylic acid groups (broad SMARTS) is 2. The van der Waals surface area contributed by atoms with Crippen molar-refractivity contribution >= 4 is 11.9 Å². The summed E-state index contributed by atoms with van der Waals surface area (Å²) in [5.74, 6) is -1.95. The summed E-state index contributed by atoms with van der Waals surface area (Å²) in [5, 5.41) is 29.1. The van der Waals surface area contributed by atoms with Crippen LogP contribution in [0.3, 0.4) is 0 Å². The Labute approximate surface area is 187 Å². The first kappa shape index (κ1) is 26.5. The van der Waals surface area contributed by atoms with E-state index in [1.54, 1.807) is 0 Å². The molecule has 0 aromatic carbocycles. The molecule has 7 heteroatoms. The predicted molar refractivity (Wildman–Crippen MR) is 86.3 cm³/mol. The molecule has 0 saturated carbocycles. The topological polar surface area (TPSA) is 97.7 Å². The number of aliphatic hydroxyl groups is 1. The summed E-state index contributed by atoms with van der Waals surface area (Å²) >= 11 is 0. The van der Waals surface area contributed by atoms with Crippen molar-refractivity contribution in [2.75, 3.05) is 26.4 Å². The zero-order valence-corrected chi connectivity index (χ0v) is 18.3. The van der Waals surface area contributed by atoms with E-state index in [4.69, 9.17) is 5.11 Å². The van der Waals surface area contributed by atoms with Gasteiger partial charge in [0.2, 0.25) is 0 Å². The van der Waals surface area contributed by atoms with Gasteiger partial charge in [0.25, 0.3) is 0 Å². The predicted octanol–water partition coefficient (Wildman–Crippen LogP) is -1.71. The van der Waals surface area contributed by atoms with Crippen molar-refractivity contribution in [3.63, 3.8) is 0 Å². The monoisotopic (exact) mass is 368 g/mol. The van der Waals surface area contributed by atoms with Crippen LogP contribution in [-0.2, 0) is 9.59 Å². The molecule has 0 bridgehead atoms. The van der Waals surface area contributed by atoms with Gasteiger partial charge in [0, 0.05) is 18.8 Å². The molecule has 0 rings (SSSR count). The van der Waals surface area contributed by atoms with E-state index in [1.165, 1.54) is 12.8 Å².